The second-order valence-electron chi connectivity index (χ2n) is 5.43. The highest BCUT2D eigenvalue weighted by Crippen LogP contribution is 2.16. The van der Waals surface area contributed by atoms with E-state index in [1.54, 1.807) is 13.1 Å². The summed E-state index contributed by atoms with van der Waals surface area (Å²) in [5, 5.41) is 6.51. The molecule has 7 heteroatoms. The van der Waals surface area contributed by atoms with Crippen LogP contribution in [0.25, 0.3) is 0 Å². The van der Waals surface area contributed by atoms with E-state index in [9.17, 15) is 8.42 Å². The zero-order chi connectivity index (χ0) is 16.6. The van der Waals surface area contributed by atoms with Gasteiger partial charge in [0.1, 0.15) is 0 Å². The van der Waals surface area contributed by atoms with Crippen LogP contribution in [0.4, 0.5) is 0 Å². The maximum absolute atomic E-state index is 11.6. The molecular formula is C16H28IN3O2S. The first kappa shape index (κ1) is 22.2. The van der Waals surface area contributed by atoms with Gasteiger partial charge >= 0.3 is 0 Å². The number of halogens is 1. The van der Waals surface area contributed by atoms with Gasteiger partial charge in [-0.05, 0) is 30.5 Å². The van der Waals surface area contributed by atoms with Crippen LogP contribution in [0.1, 0.15) is 37.3 Å². The lowest BCUT2D eigenvalue weighted by molar-refractivity contribution is 0.601. The lowest BCUT2D eigenvalue weighted by Gasteiger charge is -2.13. The van der Waals surface area contributed by atoms with E-state index in [-0.39, 0.29) is 24.0 Å². The second-order valence-corrected chi connectivity index (χ2v) is 7.42. The number of rotatable bonds is 7. The van der Waals surface area contributed by atoms with Crippen molar-refractivity contribution in [3.8, 4) is 0 Å². The quantitative estimate of drug-likeness (QED) is 0.288. The highest BCUT2D eigenvalue weighted by molar-refractivity contribution is 14.0. The minimum Gasteiger partial charge on any atom is -0.356 e. The molecule has 0 aliphatic heterocycles. The predicted octanol–water partition coefficient (Wildman–Crippen LogP) is 2.87. The van der Waals surface area contributed by atoms with Crippen LogP contribution < -0.4 is 10.6 Å². The molecule has 1 aromatic carbocycles. The third-order valence-corrected chi connectivity index (χ3v) is 4.65. The first-order valence-electron chi connectivity index (χ1n) is 7.62. The molecule has 0 bridgehead atoms. The first-order chi connectivity index (χ1) is 10.4. The Hall–Kier alpha value is -0.830. The SMILES string of the molecule is CCCCCNC(=NC)NCc1ccc(S(C)(=O)=O)c(C)c1.I. The lowest BCUT2D eigenvalue weighted by atomic mass is 10.1. The van der Waals surface area contributed by atoms with Gasteiger partial charge in [-0.3, -0.25) is 4.99 Å². The standard InChI is InChI=1S/C16H27N3O2S.HI/c1-5-6-7-10-18-16(17-3)19-12-14-8-9-15(13(2)11-14)22(4,20)21;/h8-9,11H,5-7,10,12H2,1-4H3,(H2,17,18,19);1H. The fourth-order valence-electron chi connectivity index (χ4n) is 2.23. The summed E-state index contributed by atoms with van der Waals surface area (Å²) in [5.74, 6) is 0.765. The Morgan fingerprint density at radius 3 is 2.43 bits per heavy atom. The first-order valence-corrected chi connectivity index (χ1v) is 9.51. The van der Waals surface area contributed by atoms with Crippen LogP contribution >= 0.6 is 24.0 Å². The number of guanidine groups is 1. The van der Waals surface area contributed by atoms with E-state index in [0.29, 0.717) is 11.4 Å². The third kappa shape index (κ3) is 8.01. The number of sulfone groups is 1. The fraction of sp³-hybridized carbons (Fsp3) is 0.562. The van der Waals surface area contributed by atoms with Gasteiger partial charge in [-0.2, -0.15) is 0 Å². The second kappa shape index (κ2) is 10.9. The molecule has 1 rings (SSSR count). The van der Waals surface area contributed by atoms with Crippen molar-refractivity contribution in [2.75, 3.05) is 19.8 Å². The summed E-state index contributed by atoms with van der Waals surface area (Å²) >= 11 is 0. The van der Waals surface area contributed by atoms with Gasteiger partial charge in [0, 0.05) is 26.4 Å². The Morgan fingerprint density at radius 2 is 1.91 bits per heavy atom. The van der Waals surface area contributed by atoms with E-state index in [2.05, 4.69) is 22.5 Å². The summed E-state index contributed by atoms with van der Waals surface area (Å²) in [7, 11) is -1.42. The largest absolute Gasteiger partial charge is 0.356 e. The van der Waals surface area contributed by atoms with Crippen molar-refractivity contribution in [3.63, 3.8) is 0 Å². The average Bonchev–Trinajstić information content (AvgIpc) is 2.45. The average molecular weight is 453 g/mol. The van der Waals surface area contributed by atoms with Crippen molar-refractivity contribution in [1.29, 1.82) is 0 Å². The van der Waals surface area contributed by atoms with Gasteiger partial charge in [0.25, 0.3) is 0 Å². The number of hydrogen-bond donors (Lipinski definition) is 2. The maximum atomic E-state index is 11.6. The van der Waals surface area contributed by atoms with Gasteiger partial charge in [-0.25, -0.2) is 8.42 Å². The smallest absolute Gasteiger partial charge is 0.191 e. The van der Waals surface area contributed by atoms with E-state index in [0.717, 1.165) is 30.1 Å². The number of hydrogen-bond acceptors (Lipinski definition) is 3. The Bertz CT molecular complexity index is 616. The molecular weight excluding hydrogens is 425 g/mol. The van der Waals surface area contributed by atoms with Crippen molar-refractivity contribution in [3.05, 3.63) is 29.3 Å². The fourth-order valence-corrected chi connectivity index (χ4v) is 3.18. The molecule has 2 N–H and O–H groups in total. The summed E-state index contributed by atoms with van der Waals surface area (Å²) in [6.45, 7) is 5.51. The monoisotopic (exact) mass is 453 g/mol. The molecule has 0 amide bonds. The zero-order valence-electron chi connectivity index (χ0n) is 14.3. The predicted molar refractivity (Wildman–Crippen MR) is 107 cm³/mol. The topological polar surface area (TPSA) is 70.6 Å². The molecule has 0 saturated carbocycles. The van der Waals surface area contributed by atoms with Crippen LogP contribution in [0.15, 0.2) is 28.1 Å². The molecule has 0 heterocycles. The number of unbranched alkanes of at least 4 members (excludes halogenated alkanes) is 2. The molecule has 0 radical (unpaired) electrons. The molecule has 0 fully saturated rings. The van der Waals surface area contributed by atoms with E-state index in [1.807, 2.05) is 19.1 Å². The van der Waals surface area contributed by atoms with Crippen LogP contribution in [0, 0.1) is 6.92 Å². The molecule has 0 atom stereocenters. The van der Waals surface area contributed by atoms with Crippen LogP contribution in [-0.4, -0.2) is 34.2 Å². The molecule has 0 spiro atoms. The van der Waals surface area contributed by atoms with Crippen molar-refractivity contribution in [2.45, 2.75) is 44.6 Å². The summed E-state index contributed by atoms with van der Waals surface area (Å²) < 4.78 is 23.2. The Kier molecular flexibility index (Phi) is 10.5. The van der Waals surface area contributed by atoms with Gasteiger partial charge < -0.3 is 10.6 Å². The minimum absolute atomic E-state index is 0. The van der Waals surface area contributed by atoms with Gasteiger partial charge in [-0.1, -0.05) is 31.9 Å². The Labute approximate surface area is 157 Å². The van der Waals surface area contributed by atoms with Gasteiger partial charge in [-0.15, -0.1) is 24.0 Å². The van der Waals surface area contributed by atoms with Crippen molar-refractivity contribution in [2.24, 2.45) is 4.99 Å². The molecule has 0 aliphatic carbocycles. The summed E-state index contributed by atoms with van der Waals surface area (Å²) in [6.07, 6.45) is 4.75. The van der Waals surface area contributed by atoms with Crippen LogP contribution in [0.2, 0.25) is 0 Å². The van der Waals surface area contributed by atoms with Gasteiger partial charge in [0.2, 0.25) is 0 Å². The van der Waals surface area contributed by atoms with E-state index in [1.165, 1.54) is 19.1 Å². The number of aliphatic imine (C=N–C) groups is 1. The normalized spacial score (nSPS) is 11.7. The Morgan fingerprint density at radius 1 is 1.22 bits per heavy atom. The van der Waals surface area contributed by atoms with E-state index < -0.39 is 9.84 Å². The maximum Gasteiger partial charge on any atom is 0.191 e. The number of nitrogens with one attached hydrogen (secondary N) is 2. The molecule has 0 aliphatic rings. The van der Waals surface area contributed by atoms with Crippen molar-refractivity contribution in [1.82, 2.24) is 10.6 Å². The van der Waals surface area contributed by atoms with E-state index >= 15 is 0 Å². The Balaban J connectivity index is 0.00000484. The molecule has 0 unspecified atom stereocenters. The molecule has 132 valence electrons. The van der Waals surface area contributed by atoms with Gasteiger partial charge in [0.05, 0.1) is 4.90 Å². The van der Waals surface area contributed by atoms with Crippen LogP contribution in [0.5, 0.6) is 0 Å². The number of benzene rings is 1. The highest BCUT2D eigenvalue weighted by atomic mass is 127. The van der Waals surface area contributed by atoms with Crippen LogP contribution in [0.3, 0.4) is 0 Å². The molecule has 0 saturated heterocycles. The van der Waals surface area contributed by atoms with Gasteiger partial charge in [0.15, 0.2) is 15.8 Å². The van der Waals surface area contributed by atoms with Crippen LogP contribution in [-0.2, 0) is 16.4 Å². The minimum atomic E-state index is -3.16. The molecule has 5 nitrogen and oxygen atoms in total. The third-order valence-electron chi connectivity index (χ3n) is 3.40. The number of aryl methyl sites for hydroxylation is 1. The van der Waals surface area contributed by atoms with Crippen molar-refractivity contribution < 1.29 is 8.42 Å². The summed E-state index contributed by atoms with van der Waals surface area (Å²) in [5.41, 5.74) is 1.80. The summed E-state index contributed by atoms with van der Waals surface area (Å²) in [4.78, 5) is 4.57. The summed E-state index contributed by atoms with van der Waals surface area (Å²) in [6, 6.07) is 5.40. The van der Waals surface area contributed by atoms with E-state index in [4.69, 9.17) is 0 Å². The zero-order valence-corrected chi connectivity index (χ0v) is 17.5. The van der Waals surface area contributed by atoms with Crippen molar-refractivity contribution >= 4 is 39.8 Å². The molecule has 1 aromatic rings. The highest BCUT2D eigenvalue weighted by Gasteiger charge is 2.10. The lowest BCUT2D eigenvalue weighted by Crippen LogP contribution is -2.37. The number of nitrogens with zero attached hydrogens (tertiary/aromatic N) is 1. The molecule has 23 heavy (non-hydrogen) atoms. The molecule has 0 aromatic heterocycles.